The fraction of sp³-hybridized carbons (Fsp3) is 0.250. The Bertz CT molecular complexity index is 1380. The van der Waals surface area contributed by atoms with Crippen molar-refractivity contribution in [2.45, 2.75) is 39.0 Å². The number of unbranched alkanes of at least 4 members (excludes halogenated alkanes) is 4. The van der Waals surface area contributed by atoms with Gasteiger partial charge in [0.05, 0.1) is 12.1 Å². The number of hydrogen-bond donors (Lipinski definition) is 1. The van der Waals surface area contributed by atoms with E-state index in [1.165, 1.54) is 31.8 Å². The summed E-state index contributed by atoms with van der Waals surface area (Å²) in [5.41, 5.74) is 2.19. The highest BCUT2D eigenvalue weighted by atomic mass is 19.1. The molecule has 0 saturated carbocycles. The summed E-state index contributed by atoms with van der Waals surface area (Å²) in [6.07, 6.45) is 6.00. The Morgan fingerprint density at radius 2 is 1.48 bits per heavy atom. The number of halogens is 2. The molecule has 0 aliphatic carbocycles. The molecule has 33 heavy (non-hydrogen) atoms. The van der Waals surface area contributed by atoms with Gasteiger partial charge in [-0.2, -0.15) is 5.26 Å². The quantitative estimate of drug-likeness (QED) is 0.243. The van der Waals surface area contributed by atoms with Gasteiger partial charge < -0.3 is 9.72 Å². The molecule has 0 spiro atoms. The Balaban J connectivity index is 1.52. The van der Waals surface area contributed by atoms with Crippen LogP contribution in [0.2, 0.25) is 0 Å². The maximum Gasteiger partial charge on any atom is 0.145 e. The van der Waals surface area contributed by atoms with E-state index in [0.717, 1.165) is 46.1 Å². The first-order valence-electron chi connectivity index (χ1n) is 11.2. The number of fused-ring (bicyclic) bond motifs is 3. The maximum absolute atomic E-state index is 13.8. The van der Waals surface area contributed by atoms with E-state index in [0.29, 0.717) is 12.2 Å². The monoisotopic (exact) mass is 442 g/mol. The van der Waals surface area contributed by atoms with Crippen molar-refractivity contribution >= 4 is 21.8 Å². The van der Waals surface area contributed by atoms with Gasteiger partial charge in [0.15, 0.2) is 0 Å². The Kier molecular flexibility index (Phi) is 6.91. The lowest BCUT2D eigenvalue weighted by Gasteiger charge is -2.06. The molecule has 5 heteroatoms. The number of nitriles is 1. The van der Waals surface area contributed by atoms with Crippen LogP contribution in [-0.2, 0) is 0 Å². The minimum absolute atomic E-state index is 0.178. The number of H-pyrrole nitrogens is 1. The van der Waals surface area contributed by atoms with Crippen LogP contribution in [0.3, 0.4) is 0 Å². The molecule has 1 N–H and O–H groups in total. The zero-order chi connectivity index (χ0) is 23.2. The lowest BCUT2D eigenvalue weighted by molar-refractivity contribution is 0.305. The van der Waals surface area contributed by atoms with Gasteiger partial charge in [-0.1, -0.05) is 50.5 Å². The standard InChI is InChI=1S/C28H24F2N2O/c1-2-3-4-5-6-13-33-21-10-12-23-22-11-9-19(16-27(22)32-28(23)17-21)7-8-20-14-25(29)24(18-31)26(30)15-20/h9-12,14-17,32H,2-6,13H2,1H3. The molecule has 4 aromatic rings. The number of hydrogen-bond acceptors (Lipinski definition) is 2. The Labute approximate surface area is 192 Å². The SMILES string of the molecule is CCCCCCCOc1ccc2c(c1)[nH]c1cc(C#Cc3cc(F)c(C#N)c(F)c3)ccc12. The molecule has 166 valence electrons. The Hall–Kier alpha value is -3.83. The van der Waals surface area contributed by atoms with Crippen molar-refractivity contribution in [1.29, 1.82) is 5.26 Å². The number of aromatic amines is 1. The van der Waals surface area contributed by atoms with Crippen molar-refractivity contribution < 1.29 is 13.5 Å². The number of benzene rings is 3. The highest BCUT2D eigenvalue weighted by Gasteiger charge is 2.10. The van der Waals surface area contributed by atoms with E-state index >= 15 is 0 Å². The average Bonchev–Trinajstić information content (AvgIpc) is 3.16. The summed E-state index contributed by atoms with van der Waals surface area (Å²) in [7, 11) is 0. The van der Waals surface area contributed by atoms with Gasteiger partial charge >= 0.3 is 0 Å². The first-order valence-corrected chi connectivity index (χ1v) is 11.2. The molecule has 0 aliphatic rings. The topological polar surface area (TPSA) is 48.8 Å². The van der Waals surface area contributed by atoms with Crippen LogP contribution in [0.15, 0.2) is 48.5 Å². The zero-order valence-corrected chi connectivity index (χ0v) is 18.5. The number of nitrogens with one attached hydrogen (secondary N) is 1. The molecule has 0 atom stereocenters. The lowest BCUT2D eigenvalue weighted by Crippen LogP contribution is -1.97. The normalized spacial score (nSPS) is 10.7. The third-order valence-corrected chi connectivity index (χ3v) is 5.59. The molecule has 1 heterocycles. The van der Waals surface area contributed by atoms with Crippen molar-refractivity contribution in [2.24, 2.45) is 0 Å². The smallest absolute Gasteiger partial charge is 0.145 e. The first kappa shape index (κ1) is 22.4. The molecular formula is C28H24F2N2O. The van der Waals surface area contributed by atoms with Crippen LogP contribution in [0.25, 0.3) is 21.8 Å². The van der Waals surface area contributed by atoms with E-state index in [-0.39, 0.29) is 5.56 Å². The summed E-state index contributed by atoms with van der Waals surface area (Å²) >= 11 is 0. The van der Waals surface area contributed by atoms with Crippen molar-refractivity contribution in [2.75, 3.05) is 6.61 Å². The van der Waals surface area contributed by atoms with Crippen LogP contribution >= 0.6 is 0 Å². The molecule has 3 nitrogen and oxygen atoms in total. The van der Waals surface area contributed by atoms with Gasteiger partial charge in [0.1, 0.15) is 29.0 Å². The van der Waals surface area contributed by atoms with Gasteiger partial charge in [-0.3, -0.25) is 0 Å². The molecule has 0 amide bonds. The lowest BCUT2D eigenvalue weighted by atomic mass is 10.1. The molecule has 1 aromatic heterocycles. The van der Waals surface area contributed by atoms with Crippen molar-refractivity contribution in [3.05, 3.63) is 76.9 Å². The minimum atomic E-state index is -0.910. The average molecular weight is 443 g/mol. The van der Waals surface area contributed by atoms with Gasteiger partial charge in [0, 0.05) is 33.5 Å². The maximum atomic E-state index is 13.8. The highest BCUT2D eigenvalue weighted by molar-refractivity contribution is 6.07. The first-order chi connectivity index (χ1) is 16.1. The van der Waals surface area contributed by atoms with Crippen LogP contribution in [0.5, 0.6) is 5.75 Å². The second-order valence-corrected chi connectivity index (χ2v) is 8.03. The molecule has 3 aromatic carbocycles. The molecule has 0 bridgehead atoms. The van der Waals surface area contributed by atoms with Crippen molar-refractivity contribution in [3.8, 4) is 23.7 Å². The van der Waals surface area contributed by atoms with Gasteiger partial charge in [0.2, 0.25) is 0 Å². The summed E-state index contributed by atoms with van der Waals surface area (Å²) < 4.78 is 33.5. The summed E-state index contributed by atoms with van der Waals surface area (Å²) in [6.45, 7) is 2.92. The van der Waals surface area contributed by atoms with Gasteiger partial charge in [-0.15, -0.1) is 0 Å². The van der Waals surface area contributed by atoms with Gasteiger partial charge in [0.25, 0.3) is 0 Å². The van der Waals surface area contributed by atoms with E-state index < -0.39 is 17.2 Å². The number of ether oxygens (including phenoxy) is 1. The molecule has 0 fully saturated rings. The summed E-state index contributed by atoms with van der Waals surface area (Å²) in [6, 6.07) is 15.5. The molecule has 0 aliphatic heterocycles. The second kappa shape index (κ2) is 10.2. The zero-order valence-electron chi connectivity index (χ0n) is 18.5. The van der Waals surface area contributed by atoms with Crippen LogP contribution in [-0.4, -0.2) is 11.6 Å². The third-order valence-electron chi connectivity index (χ3n) is 5.59. The number of rotatable bonds is 7. The van der Waals surface area contributed by atoms with E-state index in [1.54, 1.807) is 0 Å². The van der Waals surface area contributed by atoms with Crippen LogP contribution in [0.1, 0.15) is 55.7 Å². The molecule has 4 rings (SSSR count). The third kappa shape index (κ3) is 5.16. The molecule has 0 radical (unpaired) electrons. The fourth-order valence-electron chi connectivity index (χ4n) is 3.85. The van der Waals surface area contributed by atoms with Gasteiger partial charge in [-0.25, -0.2) is 8.78 Å². The summed E-state index contributed by atoms with van der Waals surface area (Å²) in [5, 5.41) is 10.9. The summed E-state index contributed by atoms with van der Waals surface area (Å²) in [4.78, 5) is 3.40. The van der Waals surface area contributed by atoms with Crippen molar-refractivity contribution in [1.82, 2.24) is 4.98 Å². The Morgan fingerprint density at radius 3 is 2.21 bits per heavy atom. The van der Waals surface area contributed by atoms with E-state index in [2.05, 4.69) is 23.7 Å². The molecule has 0 saturated heterocycles. The number of nitrogens with zero attached hydrogens (tertiary/aromatic N) is 1. The number of aromatic nitrogens is 1. The van der Waals surface area contributed by atoms with E-state index in [4.69, 9.17) is 10.00 Å². The molecule has 0 unspecified atom stereocenters. The van der Waals surface area contributed by atoms with E-state index in [1.807, 2.05) is 36.4 Å². The van der Waals surface area contributed by atoms with Crippen LogP contribution in [0.4, 0.5) is 8.78 Å². The van der Waals surface area contributed by atoms with Crippen LogP contribution in [0, 0.1) is 34.8 Å². The fourth-order valence-corrected chi connectivity index (χ4v) is 3.85. The Morgan fingerprint density at radius 1 is 0.818 bits per heavy atom. The molecular weight excluding hydrogens is 418 g/mol. The second-order valence-electron chi connectivity index (χ2n) is 8.03. The van der Waals surface area contributed by atoms with Crippen LogP contribution < -0.4 is 4.74 Å². The van der Waals surface area contributed by atoms with Crippen molar-refractivity contribution in [3.63, 3.8) is 0 Å². The predicted octanol–water partition coefficient (Wildman–Crippen LogP) is 7.22. The predicted molar refractivity (Wildman–Crippen MR) is 127 cm³/mol. The van der Waals surface area contributed by atoms with Gasteiger partial charge in [-0.05, 0) is 42.8 Å². The minimum Gasteiger partial charge on any atom is -0.494 e. The highest BCUT2D eigenvalue weighted by Crippen LogP contribution is 2.29. The summed E-state index contributed by atoms with van der Waals surface area (Å²) in [5.74, 6) is 4.73. The van der Waals surface area contributed by atoms with E-state index in [9.17, 15) is 8.78 Å². The largest absolute Gasteiger partial charge is 0.494 e.